The third kappa shape index (κ3) is 5.32. The Bertz CT molecular complexity index is 2710. The lowest BCUT2D eigenvalue weighted by Crippen LogP contribution is -2.15. The summed E-state index contributed by atoms with van der Waals surface area (Å²) < 4.78 is 2.43. The molecule has 1 aromatic heterocycles. The van der Waals surface area contributed by atoms with Gasteiger partial charge in [0, 0.05) is 39.2 Å². The molecule has 1 aliphatic rings. The Morgan fingerprint density at radius 3 is 1.83 bits per heavy atom. The van der Waals surface area contributed by atoms with Gasteiger partial charge in [-0.2, -0.15) is 0 Å². The molecular formula is C51H44N2. The average Bonchev–Trinajstić information content (AvgIpc) is 3.58. The van der Waals surface area contributed by atoms with Gasteiger partial charge in [-0.3, -0.25) is 0 Å². The van der Waals surface area contributed by atoms with Gasteiger partial charge < -0.3 is 9.47 Å². The minimum Gasteiger partial charge on any atom is -0.314 e. The van der Waals surface area contributed by atoms with Gasteiger partial charge >= 0.3 is 0 Å². The van der Waals surface area contributed by atoms with Crippen molar-refractivity contribution in [3.05, 3.63) is 191 Å². The molecule has 0 spiro atoms. The van der Waals surface area contributed by atoms with E-state index in [1.807, 2.05) is 0 Å². The molecule has 0 radical (unpaired) electrons. The van der Waals surface area contributed by atoms with E-state index in [0.717, 1.165) is 17.1 Å². The van der Waals surface area contributed by atoms with Crippen molar-refractivity contribution >= 4 is 49.9 Å². The van der Waals surface area contributed by atoms with Crippen LogP contribution in [0, 0.1) is 13.8 Å². The Morgan fingerprint density at radius 2 is 1.09 bits per heavy atom. The van der Waals surface area contributed by atoms with Gasteiger partial charge in [0.1, 0.15) is 0 Å². The maximum absolute atomic E-state index is 2.46. The van der Waals surface area contributed by atoms with E-state index in [1.54, 1.807) is 0 Å². The molecule has 1 aliphatic carbocycles. The highest BCUT2D eigenvalue weighted by Crippen LogP contribution is 2.51. The number of allylic oxidation sites excluding steroid dienone is 2. The Hall–Kier alpha value is -6.12. The van der Waals surface area contributed by atoms with Crippen LogP contribution in [0.25, 0.3) is 49.6 Å². The fourth-order valence-electron chi connectivity index (χ4n) is 8.57. The number of rotatable bonds is 6. The van der Waals surface area contributed by atoms with Crippen molar-refractivity contribution in [1.82, 2.24) is 4.57 Å². The molecule has 0 saturated carbocycles. The number of aromatic nitrogens is 1. The lowest BCUT2D eigenvalue weighted by atomic mass is 9.81. The van der Waals surface area contributed by atoms with Gasteiger partial charge in [0.25, 0.3) is 0 Å². The SMILES string of the molecule is C/C(=C(/C)c1ccc2c(c1)C(C)(C)c1cc3c(cc1-2)c(C)c(C)n3-c1ccccc1)c1ccc(N(c2ccccc2)c2ccc3ccccc3c2)cc1. The molecule has 9 rings (SSSR count). The van der Waals surface area contributed by atoms with E-state index in [1.165, 1.54) is 83.1 Å². The molecule has 2 nitrogen and oxygen atoms in total. The van der Waals surface area contributed by atoms with E-state index in [4.69, 9.17) is 0 Å². The van der Waals surface area contributed by atoms with E-state index in [2.05, 4.69) is 209 Å². The maximum atomic E-state index is 2.46. The number of hydrogen-bond acceptors (Lipinski definition) is 1. The van der Waals surface area contributed by atoms with Crippen LogP contribution in [0.15, 0.2) is 158 Å². The minimum atomic E-state index is -0.123. The Balaban J connectivity index is 1.07. The summed E-state index contributed by atoms with van der Waals surface area (Å²) in [6.07, 6.45) is 0. The molecule has 0 amide bonds. The molecule has 2 heteroatoms. The molecule has 258 valence electrons. The van der Waals surface area contributed by atoms with E-state index >= 15 is 0 Å². The van der Waals surface area contributed by atoms with Crippen molar-refractivity contribution in [3.8, 4) is 16.8 Å². The molecule has 0 atom stereocenters. The molecule has 0 N–H and O–H groups in total. The topological polar surface area (TPSA) is 8.17 Å². The summed E-state index contributed by atoms with van der Waals surface area (Å²) >= 11 is 0. The second-order valence-corrected chi connectivity index (χ2v) is 15.2. The second kappa shape index (κ2) is 12.5. The van der Waals surface area contributed by atoms with Crippen LogP contribution in [0.5, 0.6) is 0 Å². The predicted molar refractivity (Wildman–Crippen MR) is 227 cm³/mol. The predicted octanol–water partition coefficient (Wildman–Crippen LogP) is 14.1. The molecule has 0 bridgehead atoms. The van der Waals surface area contributed by atoms with Crippen LogP contribution in [0.2, 0.25) is 0 Å². The van der Waals surface area contributed by atoms with Gasteiger partial charge in [-0.05, 0) is 155 Å². The first-order chi connectivity index (χ1) is 25.7. The van der Waals surface area contributed by atoms with Gasteiger partial charge in [-0.1, -0.05) is 105 Å². The zero-order valence-electron chi connectivity index (χ0n) is 31.4. The van der Waals surface area contributed by atoms with Crippen molar-refractivity contribution in [2.75, 3.05) is 4.90 Å². The van der Waals surface area contributed by atoms with Gasteiger partial charge in [0.15, 0.2) is 0 Å². The largest absolute Gasteiger partial charge is 0.314 e. The van der Waals surface area contributed by atoms with Gasteiger partial charge in [0.05, 0.1) is 5.52 Å². The third-order valence-electron chi connectivity index (χ3n) is 11.9. The lowest BCUT2D eigenvalue weighted by Gasteiger charge is -2.26. The first kappa shape index (κ1) is 32.8. The van der Waals surface area contributed by atoms with Crippen LogP contribution in [-0.4, -0.2) is 4.57 Å². The number of para-hydroxylation sites is 2. The van der Waals surface area contributed by atoms with Crippen molar-refractivity contribution < 1.29 is 0 Å². The van der Waals surface area contributed by atoms with E-state index in [-0.39, 0.29) is 5.41 Å². The van der Waals surface area contributed by atoms with Crippen LogP contribution in [0.3, 0.4) is 0 Å². The zero-order chi connectivity index (χ0) is 36.4. The highest BCUT2D eigenvalue weighted by atomic mass is 15.1. The third-order valence-corrected chi connectivity index (χ3v) is 11.9. The second-order valence-electron chi connectivity index (χ2n) is 15.2. The molecule has 8 aromatic rings. The van der Waals surface area contributed by atoms with E-state index in [9.17, 15) is 0 Å². The summed E-state index contributed by atoms with van der Waals surface area (Å²) in [4.78, 5) is 2.34. The normalized spacial score (nSPS) is 13.5. The van der Waals surface area contributed by atoms with Crippen LogP contribution < -0.4 is 4.90 Å². The Morgan fingerprint density at radius 1 is 0.509 bits per heavy atom. The summed E-state index contributed by atoms with van der Waals surface area (Å²) in [6, 6.07) is 57.8. The number of fused-ring (bicyclic) bond motifs is 5. The summed E-state index contributed by atoms with van der Waals surface area (Å²) in [6.45, 7) is 13.8. The van der Waals surface area contributed by atoms with E-state index in [0.29, 0.717) is 0 Å². The highest BCUT2D eigenvalue weighted by molar-refractivity contribution is 5.97. The van der Waals surface area contributed by atoms with Gasteiger partial charge in [-0.15, -0.1) is 0 Å². The minimum absolute atomic E-state index is 0.123. The van der Waals surface area contributed by atoms with Crippen molar-refractivity contribution in [3.63, 3.8) is 0 Å². The summed E-state index contributed by atoms with van der Waals surface area (Å²) in [7, 11) is 0. The number of aryl methyl sites for hydroxylation is 1. The monoisotopic (exact) mass is 684 g/mol. The van der Waals surface area contributed by atoms with Crippen LogP contribution in [-0.2, 0) is 5.41 Å². The number of anilines is 3. The molecule has 0 unspecified atom stereocenters. The highest BCUT2D eigenvalue weighted by Gasteiger charge is 2.37. The lowest BCUT2D eigenvalue weighted by molar-refractivity contribution is 0.660. The number of hydrogen-bond donors (Lipinski definition) is 0. The molecule has 7 aromatic carbocycles. The van der Waals surface area contributed by atoms with Crippen LogP contribution in [0.4, 0.5) is 17.1 Å². The molecule has 0 saturated heterocycles. The Labute approximate surface area is 313 Å². The fraction of sp³-hybridized carbons (Fsp3) is 0.137. The zero-order valence-corrected chi connectivity index (χ0v) is 31.4. The molecule has 53 heavy (non-hydrogen) atoms. The summed E-state index contributed by atoms with van der Waals surface area (Å²) in [5.41, 5.74) is 19.0. The van der Waals surface area contributed by atoms with Crippen LogP contribution in [0.1, 0.15) is 61.2 Å². The maximum Gasteiger partial charge on any atom is 0.0537 e. The van der Waals surface area contributed by atoms with E-state index < -0.39 is 0 Å². The van der Waals surface area contributed by atoms with Gasteiger partial charge in [-0.25, -0.2) is 0 Å². The average molecular weight is 685 g/mol. The van der Waals surface area contributed by atoms with Gasteiger partial charge in [0.2, 0.25) is 0 Å². The first-order valence-electron chi connectivity index (χ1n) is 18.7. The smallest absolute Gasteiger partial charge is 0.0537 e. The number of nitrogens with zero attached hydrogens (tertiary/aromatic N) is 2. The first-order valence-corrected chi connectivity index (χ1v) is 18.7. The Kier molecular flexibility index (Phi) is 7.75. The quantitative estimate of drug-likeness (QED) is 0.158. The molecular weight excluding hydrogens is 641 g/mol. The molecule has 0 aliphatic heterocycles. The fourth-order valence-corrected chi connectivity index (χ4v) is 8.57. The van der Waals surface area contributed by atoms with Crippen molar-refractivity contribution in [1.29, 1.82) is 0 Å². The van der Waals surface area contributed by atoms with Crippen molar-refractivity contribution in [2.45, 2.75) is 47.0 Å². The molecule has 0 fully saturated rings. The molecule has 1 heterocycles. The van der Waals surface area contributed by atoms with Crippen molar-refractivity contribution in [2.24, 2.45) is 0 Å². The standard InChI is InChI=1S/C51H44N2/c1-33(37-21-25-43(26-22-37)53(42-19-11-8-12-20-42)44-27-23-38-15-13-14-16-40(38)29-44)34(2)39-24-28-45-47-31-46-35(3)36(4)52(41-17-9-7-10-18-41)50(46)32-49(47)51(5,6)48(45)30-39/h7-32H,1-6H3/b34-33+. The number of benzene rings is 7. The summed E-state index contributed by atoms with van der Waals surface area (Å²) in [5.74, 6) is 0. The van der Waals surface area contributed by atoms with Crippen LogP contribution >= 0.6 is 0 Å². The summed E-state index contributed by atoms with van der Waals surface area (Å²) in [5, 5.41) is 3.81.